The van der Waals surface area contributed by atoms with Crippen LogP contribution >= 0.6 is 0 Å². The van der Waals surface area contributed by atoms with E-state index in [0.717, 1.165) is 11.3 Å². The first-order chi connectivity index (χ1) is 7.09. The van der Waals surface area contributed by atoms with Crippen LogP contribution in [-0.4, -0.2) is 20.0 Å². The van der Waals surface area contributed by atoms with Crippen LogP contribution in [0.3, 0.4) is 0 Å². The number of rotatable bonds is 4. The zero-order valence-corrected chi connectivity index (χ0v) is 9.10. The van der Waals surface area contributed by atoms with Gasteiger partial charge in [-0.05, 0) is 17.7 Å². The Kier molecular flexibility index (Phi) is 3.92. The molecular formula is C12H16N2O. The van der Waals surface area contributed by atoms with E-state index in [1.807, 2.05) is 49.3 Å². The highest BCUT2D eigenvalue weighted by Crippen LogP contribution is 2.13. The summed E-state index contributed by atoms with van der Waals surface area (Å²) in [4.78, 5) is 12.5. The lowest BCUT2D eigenvalue weighted by Gasteiger charge is -2.11. The number of hydrogen-bond donors (Lipinski definition) is 1. The van der Waals surface area contributed by atoms with Gasteiger partial charge in [0.15, 0.2) is 0 Å². The van der Waals surface area contributed by atoms with Crippen LogP contribution in [0.25, 0.3) is 6.08 Å². The second-order valence-corrected chi connectivity index (χ2v) is 3.56. The van der Waals surface area contributed by atoms with E-state index in [4.69, 9.17) is 5.73 Å². The first-order valence-corrected chi connectivity index (χ1v) is 4.82. The summed E-state index contributed by atoms with van der Waals surface area (Å²) in [6.45, 7) is 0. The van der Waals surface area contributed by atoms with Crippen LogP contribution in [0.4, 0.5) is 5.69 Å². The molecule has 1 aromatic rings. The summed E-state index contributed by atoms with van der Waals surface area (Å²) in [7, 11) is 4.00. The molecule has 15 heavy (non-hydrogen) atoms. The maximum absolute atomic E-state index is 10.5. The highest BCUT2D eigenvalue weighted by molar-refractivity contribution is 5.76. The Morgan fingerprint density at radius 1 is 1.33 bits per heavy atom. The third kappa shape index (κ3) is 3.85. The molecule has 0 heterocycles. The number of nitrogens with zero attached hydrogens (tertiary/aromatic N) is 1. The average Bonchev–Trinajstić information content (AvgIpc) is 2.18. The Labute approximate surface area is 90.2 Å². The second-order valence-electron chi connectivity index (χ2n) is 3.56. The topological polar surface area (TPSA) is 46.3 Å². The lowest BCUT2D eigenvalue weighted by atomic mass is 10.2. The summed E-state index contributed by atoms with van der Waals surface area (Å²) >= 11 is 0. The smallest absolute Gasteiger partial charge is 0.221 e. The van der Waals surface area contributed by atoms with Gasteiger partial charge in [-0.2, -0.15) is 0 Å². The fourth-order valence-corrected chi connectivity index (χ4v) is 1.19. The highest BCUT2D eigenvalue weighted by atomic mass is 16.1. The molecule has 0 aliphatic rings. The third-order valence-corrected chi connectivity index (χ3v) is 2.04. The van der Waals surface area contributed by atoms with Crippen LogP contribution in [0, 0.1) is 0 Å². The van der Waals surface area contributed by atoms with Gasteiger partial charge in [0.1, 0.15) is 0 Å². The summed E-state index contributed by atoms with van der Waals surface area (Å²) in [5.74, 6) is -0.309. The SMILES string of the molecule is CN(C)c1ccc(C=CCC(N)=O)cc1. The normalized spacial score (nSPS) is 10.5. The second kappa shape index (κ2) is 5.20. The highest BCUT2D eigenvalue weighted by Gasteiger charge is 1.93. The van der Waals surface area contributed by atoms with Crippen LogP contribution in [0.5, 0.6) is 0 Å². The number of anilines is 1. The summed E-state index contributed by atoms with van der Waals surface area (Å²) in [5, 5.41) is 0. The molecule has 0 aromatic heterocycles. The molecule has 2 N–H and O–H groups in total. The van der Waals surface area contributed by atoms with E-state index in [9.17, 15) is 4.79 Å². The maximum atomic E-state index is 10.5. The predicted octanol–water partition coefficient (Wildman–Crippen LogP) is 1.64. The van der Waals surface area contributed by atoms with Gasteiger partial charge in [0, 0.05) is 26.2 Å². The molecule has 80 valence electrons. The van der Waals surface area contributed by atoms with Gasteiger partial charge in [-0.1, -0.05) is 24.3 Å². The van der Waals surface area contributed by atoms with Gasteiger partial charge >= 0.3 is 0 Å². The van der Waals surface area contributed by atoms with Crippen molar-refractivity contribution in [2.24, 2.45) is 5.73 Å². The van der Waals surface area contributed by atoms with Gasteiger partial charge in [-0.25, -0.2) is 0 Å². The van der Waals surface area contributed by atoms with Crippen molar-refractivity contribution >= 4 is 17.7 Å². The zero-order valence-electron chi connectivity index (χ0n) is 9.10. The van der Waals surface area contributed by atoms with Gasteiger partial charge in [0.05, 0.1) is 0 Å². The van der Waals surface area contributed by atoms with Gasteiger partial charge in [0.2, 0.25) is 5.91 Å². The first kappa shape index (κ1) is 11.3. The molecule has 1 amide bonds. The molecule has 1 aromatic carbocycles. The third-order valence-electron chi connectivity index (χ3n) is 2.04. The Balaban J connectivity index is 2.64. The van der Waals surface area contributed by atoms with Gasteiger partial charge in [-0.3, -0.25) is 4.79 Å². The van der Waals surface area contributed by atoms with Crippen molar-refractivity contribution in [1.82, 2.24) is 0 Å². The molecule has 0 saturated carbocycles. The molecule has 0 unspecified atom stereocenters. The minimum Gasteiger partial charge on any atom is -0.378 e. The fraction of sp³-hybridized carbons (Fsp3) is 0.250. The molecule has 1 rings (SSSR count). The standard InChI is InChI=1S/C12H16N2O/c1-14(2)11-8-6-10(7-9-11)4-3-5-12(13)15/h3-4,6-9H,5H2,1-2H3,(H2,13,15). The molecule has 0 fully saturated rings. The number of hydrogen-bond acceptors (Lipinski definition) is 2. The molecular weight excluding hydrogens is 188 g/mol. The zero-order chi connectivity index (χ0) is 11.3. The molecule has 0 aliphatic carbocycles. The summed E-state index contributed by atoms with van der Waals surface area (Å²) in [6, 6.07) is 8.08. The quantitative estimate of drug-likeness (QED) is 0.810. The van der Waals surface area contributed by atoms with Crippen molar-refractivity contribution in [3.8, 4) is 0 Å². The molecule has 0 spiro atoms. The Morgan fingerprint density at radius 2 is 1.93 bits per heavy atom. The minimum atomic E-state index is -0.309. The summed E-state index contributed by atoms with van der Waals surface area (Å²) < 4.78 is 0. The number of nitrogens with two attached hydrogens (primary N) is 1. The Hall–Kier alpha value is -1.77. The minimum absolute atomic E-state index is 0.287. The van der Waals surface area contributed by atoms with Crippen LogP contribution in [0.2, 0.25) is 0 Å². The van der Waals surface area contributed by atoms with Crippen molar-refractivity contribution in [1.29, 1.82) is 0 Å². The van der Waals surface area contributed by atoms with E-state index in [0.29, 0.717) is 0 Å². The molecule has 0 aliphatic heterocycles. The van der Waals surface area contributed by atoms with Gasteiger partial charge in [0.25, 0.3) is 0 Å². The van der Waals surface area contributed by atoms with Crippen molar-refractivity contribution < 1.29 is 4.79 Å². The number of amides is 1. The lowest BCUT2D eigenvalue weighted by Crippen LogP contribution is -2.08. The van der Waals surface area contributed by atoms with Crippen LogP contribution in [-0.2, 0) is 4.79 Å². The van der Waals surface area contributed by atoms with Crippen molar-refractivity contribution in [3.05, 3.63) is 35.9 Å². The average molecular weight is 204 g/mol. The van der Waals surface area contributed by atoms with Crippen molar-refractivity contribution in [3.63, 3.8) is 0 Å². The molecule has 0 atom stereocenters. The van der Waals surface area contributed by atoms with Crippen molar-refractivity contribution in [2.45, 2.75) is 6.42 Å². The molecule has 3 nitrogen and oxygen atoms in total. The molecule has 0 saturated heterocycles. The van der Waals surface area contributed by atoms with E-state index in [1.54, 1.807) is 6.08 Å². The van der Waals surface area contributed by atoms with E-state index in [2.05, 4.69) is 0 Å². The maximum Gasteiger partial charge on any atom is 0.221 e. The Bertz CT molecular complexity index is 352. The number of primary amides is 1. The molecule has 0 radical (unpaired) electrons. The van der Waals surface area contributed by atoms with Gasteiger partial charge < -0.3 is 10.6 Å². The van der Waals surface area contributed by atoms with E-state index in [-0.39, 0.29) is 12.3 Å². The largest absolute Gasteiger partial charge is 0.378 e. The van der Waals surface area contributed by atoms with Crippen LogP contribution in [0.1, 0.15) is 12.0 Å². The predicted molar refractivity (Wildman–Crippen MR) is 63.6 cm³/mol. The van der Waals surface area contributed by atoms with Crippen molar-refractivity contribution in [2.75, 3.05) is 19.0 Å². The van der Waals surface area contributed by atoms with Crippen LogP contribution in [0.15, 0.2) is 30.3 Å². The van der Waals surface area contributed by atoms with Crippen LogP contribution < -0.4 is 10.6 Å². The molecule has 3 heteroatoms. The summed E-state index contributed by atoms with van der Waals surface area (Å²) in [5.41, 5.74) is 7.25. The first-order valence-electron chi connectivity index (χ1n) is 4.82. The lowest BCUT2D eigenvalue weighted by molar-refractivity contribution is -0.117. The van der Waals surface area contributed by atoms with E-state index in [1.165, 1.54) is 0 Å². The van der Waals surface area contributed by atoms with Gasteiger partial charge in [-0.15, -0.1) is 0 Å². The number of carbonyl (C=O) groups is 1. The Morgan fingerprint density at radius 3 is 2.40 bits per heavy atom. The number of benzene rings is 1. The number of carbonyl (C=O) groups excluding carboxylic acids is 1. The summed E-state index contributed by atoms with van der Waals surface area (Å²) in [6.07, 6.45) is 3.95. The monoisotopic (exact) mass is 204 g/mol. The molecule has 0 bridgehead atoms. The fourth-order valence-electron chi connectivity index (χ4n) is 1.19. The van der Waals surface area contributed by atoms with E-state index < -0.39 is 0 Å². The van der Waals surface area contributed by atoms with E-state index >= 15 is 0 Å².